The summed E-state index contributed by atoms with van der Waals surface area (Å²) in [7, 11) is -3.45. The maximum Gasteiger partial charge on any atom is 0.246 e. The number of halogens is 1. The Bertz CT molecular complexity index is 579. The number of hydrogen-bond acceptors (Lipinski definition) is 3. The zero-order chi connectivity index (χ0) is 14.9. The molecular weight excluding hydrogens is 298 g/mol. The highest BCUT2D eigenvalue weighted by atomic mass is 35.5. The molecule has 0 amide bonds. The Balaban J connectivity index is 2.42. The number of aromatic nitrogens is 2. The third-order valence-electron chi connectivity index (χ3n) is 3.58. The van der Waals surface area contributed by atoms with Gasteiger partial charge in [0.25, 0.3) is 0 Å². The molecule has 0 spiro atoms. The Morgan fingerprint density at radius 2 is 2.05 bits per heavy atom. The van der Waals surface area contributed by atoms with Crippen LogP contribution in [0.25, 0.3) is 0 Å². The molecule has 1 aliphatic rings. The van der Waals surface area contributed by atoms with Crippen LogP contribution < -0.4 is 0 Å². The molecule has 1 saturated carbocycles. The van der Waals surface area contributed by atoms with Crippen molar-refractivity contribution in [2.75, 3.05) is 12.4 Å². The van der Waals surface area contributed by atoms with Gasteiger partial charge in [0, 0.05) is 18.5 Å². The Morgan fingerprint density at radius 1 is 1.40 bits per heavy atom. The molecular formula is C13H22ClN3O2S. The minimum atomic E-state index is -3.45. The highest BCUT2D eigenvalue weighted by molar-refractivity contribution is 7.89. The van der Waals surface area contributed by atoms with E-state index in [-0.39, 0.29) is 6.04 Å². The molecule has 7 heteroatoms. The molecule has 114 valence electrons. The fourth-order valence-corrected chi connectivity index (χ4v) is 4.86. The first-order chi connectivity index (χ1) is 9.43. The van der Waals surface area contributed by atoms with Gasteiger partial charge in [-0.25, -0.2) is 8.42 Å². The van der Waals surface area contributed by atoms with Crippen LogP contribution in [0.4, 0.5) is 0 Å². The molecule has 1 aromatic heterocycles. The van der Waals surface area contributed by atoms with Crippen LogP contribution >= 0.6 is 11.6 Å². The summed E-state index contributed by atoms with van der Waals surface area (Å²) < 4.78 is 29.1. The average Bonchev–Trinajstić information content (AvgIpc) is 3.14. The quantitative estimate of drug-likeness (QED) is 0.725. The third kappa shape index (κ3) is 2.87. The molecule has 0 atom stereocenters. The van der Waals surface area contributed by atoms with Crippen molar-refractivity contribution in [2.45, 2.75) is 57.5 Å². The van der Waals surface area contributed by atoms with Crippen molar-refractivity contribution in [1.82, 2.24) is 14.1 Å². The second kappa shape index (κ2) is 6.03. The lowest BCUT2D eigenvalue weighted by Crippen LogP contribution is -2.34. The molecule has 0 radical (unpaired) electrons. The molecule has 20 heavy (non-hydrogen) atoms. The van der Waals surface area contributed by atoms with E-state index in [9.17, 15) is 8.42 Å². The summed E-state index contributed by atoms with van der Waals surface area (Å²) in [5, 5.41) is 4.31. The fourth-order valence-electron chi connectivity index (χ4n) is 2.55. The molecule has 0 aromatic carbocycles. The van der Waals surface area contributed by atoms with Crippen LogP contribution in [0.5, 0.6) is 0 Å². The zero-order valence-electron chi connectivity index (χ0n) is 12.3. The van der Waals surface area contributed by atoms with Gasteiger partial charge in [-0.15, -0.1) is 11.6 Å². The largest absolute Gasteiger partial charge is 0.267 e. The summed E-state index contributed by atoms with van der Waals surface area (Å²) >= 11 is 5.74. The van der Waals surface area contributed by atoms with Crippen LogP contribution in [0.15, 0.2) is 4.90 Å². The molecule has 1 heterocycles. The number of hydrogen-bond donors (Lipinski definition) is 0. The van der Waals surface area contributed by atoms with Crippen molar-refractivity contribution in [3.05, 3.63) is 11.4 Å². The summed E-state index contributed by atoms with van der Waals surface area (Å²) in [6.07, 6.45) is 2.75. The highest BCUT2D eigenvalue weighted by Crippen LogP contribution is 2.34. The van der Waals surface area contributed by atoms with Gasteiger partial charge in [-0.1, -0.05) is 6.92 Å². The van der Waals surface area contributed by atoms with E-state index in [0.29, 0.717) is 35.3 Å². The lowest BCUT2D eigenvalue weighted by atomic mass is 10.4. The van der Waals surface area contributed by atoms with Gasteiger partial charge in [-0.3, -0.25) is 4.68 Å². The van der Waals surface area contributed by atoms with Crippen molar-refractivity contribution in [3.63, 3.8) is 0 Å². The number of rotatable bonds is 7. The standard InChI is InChI=1S/C13H22ClN3O2S/c1-4-8-17(12-5-6-12)20(18,19)13-10(2)15-16(9-7-14)11(13)3/h12H,4-9H2,1-3H3. The van der Waals surface area contributed by atoms with E-state index in [2.05, 4.69) is 5.10 Å². The zero-order valence-corrected chi connectivity index (χ0v) is 13.8. The number of nitrogens with zero attached hydrogens (tertiary/aromatic N) is 3. The summed E-state index contributed by atoms with van der Waals surface area (Å²) in [6, 6.07) is 0.176. The second-order valence-electron chi connectivity index (χ2n) is 5.26. The minimum absolute atomic E-state index is 0.176. The van der Waals surface area contributed by atoms with Gasteiger partial charge in [0.15, 0.2) is 0 Å². The summed E-state index contributed by atoms with van der Waals surface area (Å²) in [5.41, 5.74) is 1.25. The third-order valence-corrected chi connectivity index (χ3v) is 5.95. The number of alkyl halides is 1. The normalized spacial score (nSPS) is 16.1. The Morgan fingerprint density at radius 3 is 2.55 bits per heavy atom. The SMILES string of the molecule is CCCN(C1CC1)S(=O)(=O)c1c(C)nn(CCCl)c1C. The smallest absolute Gasteiger partial charge is 0.246 e. The number of sulfonamides is 1. The van der Waals surface area contributed by atoms with Crippen LogP contribution in [-0.2, 0) is 16.6 Å². The Kier molecular flexibility index (Phi) is 4.76. The Hall–Kier alpha value is -0.590. The first-order valence-electron chi connectivity index (χ1n) is 7.05. The highest BCUT2D eigenvalue weighted by Gasteiger charge is 2.39. The molecule has 5 nitrogen and oxygen atoms in total. The van der Waals surface area contributed by atoms with Gasteiger partial charge in [0.1, 0.15) is 4.90 Å². The van der Waals surface area contributed by atoms with Crippen LogP contribution in [0, 0.1) is 13.8 Å². The predicted octanol–water partition coefficient (Wildman–Crippen LogP) is 2.30. The van der Waals surface area contributed by atoms with Crippen LogP contribution in [0.1, 0.15) is 37.6 Å². The maximum absolute atomic E-state index is 12.9. The van der Waals surface area contributed by atoms with Crippen LogP contribution in [0.3, 0.4) is 0 Å². The summed E-state index contributed by atoms with van der Waals surface area (Å²) in [6.45, 7) is 6.66. The van der Waals surface area contributed by atoms with Gasteiger partial charge in [-0.2, -0.15) is 9.40 Å². The minimum Gasteiger partial charge on any atom is -0.267 e. The van der Waals surface area contributed by atoms with Crippen molar-refractivity contribution >= 4 is 21.6 Å². The molecule has 0 bridgehead atoms. The monoisotopic (exact) mass is 319 g/mol. The van der Waals surface area contributed by atoms with Crippen molar-refractivity contribution in [1.29, 1.82) is 0 Å². The first kappa shape index (κ1) is 15.8. The molecule has 1 aromatic rings. The van der Waals surface area contributed by atoms with E-state index in [1.807, 2.05) is 6.92 Å². The van der Waals surface area contributed by atoms with Crippen molar-refractivity contribution in [3.8, 4) is 0 Å². The summed E-state index contributed by atoms with van der Waals surface area (Å²) in [4.78, 5) is 0.364. The van der Waals surface area contributed by atoms with E-state index in [0.717, 1.165) is 19.3 Å². The van der Waals surface area contributed by atoms with E-state index >= 15 is 0 Å². The lowest BCUT2D eigenvalue weighted by molar-refractivity contribution is 0.402. The average molecular weight is 320 g/mol. The van der Waals surface area contributed by atoms with E-state index in [1.54, 1.807) is 22.8 Å². The van der Waals surface area contributed by atoms with Crippen molar-refractivity contribution < 1.29 is 8.42 Å². The Labute approximate surface area is 126 Å². The lowest BCUT2D eigenvalue weighted by Gasteiger charge is -2.21. The van der Waals surface area contributed by atoms with Gasteiger partial charge in [0.2, 0.25) is 10.0 Å². The van der Waals surface area contributed by atoms with Gasteiger partial charge in [-0.05, 0) is 33.1 Å². The van der Waals surface area contributed by atoms with Gasteiger partial charge in [0.05, 0.1) is 17.9 Å². The van der Waals surface area contributed by atoms with E-state index in [4.69, 9.17) is 11.6 Å². The molecule has 2 rings (SSSR count). The molecule has 0 saturated heterocycles. The fraction of sp³-hybridized carbons (Fsp3) is 0.769. The molecule has 1 fully saturated rings. The van der Waals surface area contributed by atoms with E-state index < -0.39 is 10.0 Å². The maximum atomic E-state index is 12.9. The van der Waals surface area contributed by atoms with Crippen molar-refractivity contribution in [2.24, 2.45) is 0 Å². The van der Waals surface area contributed by atoms with Gasteiger partial charge >= 0.3 is 0 Å². The topological polar surface area (TPSA) is 55.2 Å². The predicted molar refractivity (Wildman–Crippen MR) is 79.6 cm³/mol. The molecule has 0 aliphatic heterocycles. The first-order valence-corrected chi connectivity index (χ1v) is 9.02. The van der Waals surface area contributed by atoms with Crippen LogP contribution in [-0.4, -0.2) is 41.0 Å². The van der Waals surface area contributed by atoms with Crippen LogP contribution in [0.2, 0.25) is 0 Å². The summed E-state index contributed by atoms with van der Waals surface area (Å²) in [5.74, 6) is 0.419. The molecule has 0 N–H and O–H groups in total. The number of aryl methyl sites for hydroxylation is 2. The van der Waals surface area contributed by atoms with Gasteiger partial charge < -0.3 is 0 Å². The molecule has 1 aliphatic carbocycles. The second-order valence-corrected chi connectivity index (χ2v) is 7.46. The van der Waals surface area contributed by atoms with E-state index in [1.165, 1.54) is 0 Å². The molecule has 0 unspecified atom stereocenters.